The lowest BCUT2D eigenvalue weighted by Gasteiger charge is -2.12. The Morgan fingerprint density at radius 2 is 1.76 bits per heavy atom. The van der Waals surface area contributed by atoms with Gasteiger partial charge in [-0.3, -0.25) is 0 Å². The van der Waals surface area contributed by atoms with Gasteiger partial charge in [0.15, 0.2) is 0 Å². The van der Waals surface area contributed by atoms with Gasteiger partial charge in [-0.25, -0.2) is 0 Å². The molecular weight excluding hydrogens is 400 g/mol. The molecule has 6 heteroatoms. The van der Waals surface area contributed by atoms with Gasteiger partial charge in [-0.15, -0.1) is 0 Å². The van der Waals surface area contributed by atoms with Crippen molar-refractivity contribution in [2.75, 3.05) is 7.11 Å². The van der Waals surface area contributed by atoms with Crippen LogP contribution >= 0.6 is 31.9 Å². The van der Waals surface area contributed by atoms with E-state index in [1.54, 1.807) is 31.4 Å². The third kappa shape index (κ3) is 3.56. The molecule has 4 nitrogen and oxygen atoms in total. The van der Waals surface area contributed by atoms with Crippen LogP contribution in [0.25, 0.3) is 0 Å². The molecule has 0 heterocycles. The highest BCUT2D eigenvalue weighted by Gasteiger charge is 2.12. The molecule has 0 amide bonds. The molecule has 0 unspecified atom stereocenters. The lowest BCUT2D eigenvalue weighted by molar-refractivity contribution is 0.409. The Morgan fingerprint density at radius 3 is 2.38 bits per heavy atom. The molecule has 0 atom stereocenters. The summed E-state index contributed by atoms with van der Waals surface area (Å²) in [7, 11) is 1.59. The maximum atomic E-state index is 9.21. The molecule has 2 aromatic carbocycles. The fourth-order valence-corrected chi connectivity index (χ4v) is 2.63. The Balaban J connectivity index is 2.39. The van der Waals surface area contributed by atoms with Crippen molar-refractivity contribution in [3.63, 3.8) is 0 Å². The Bertz CT molecular complexity index is 712. The highest BCUT2D eigenvalue weighted by atomic mass is 79.9. The van der Waals surface area contributed by atoms with E-state index in [1.165, 1.54) is 0 Å². The molecule has 0 aliphatic carbocycles. The molecule has 2 aromatic rings. The number of hydrogen-bond acceptors (Lipinski definition) is 4. The van der Waals surface area contributed by atoms with Gasteiger partial charge in [0.05, 0.1) is 21.6 Å². The molecule has 2 rings (SSSR count). The number of nitrogens with two attached hydrogens (primary N) is 1. The second kappa shape index (κ2) is 6.94. The number of nitrogens with zero attached hydrogens (tertiary/aromatic N) is 1. The van der Waals surface area contributed by atoms with Gasteiger partial charge in [0.2, 0.25) is 0 Å². The standard InChI is InChI=1S/C15H12Br2N2O2/c1-20-14-5-12(17)15(6-11(14)16)21-13-3-2-9(7-18)4-10(13)8-19/h2-6H,7,18H2,1H3. The predicted molar refractivity (Wildman–Crippen MR) is 87.5 cm³/mol. The third-order valence-electron chi connectivity index (χ3n) is 2.83. The van der Waals surface area contributed by atoms with Crippen LogP contribution in [-0.4, -0.2) is 7.11 Å². The second-order valence-corrected chi connectivity index (χ2v) is 5.87. The van der Waals surface area contributed by atoms with Crippen molar-refractivity contribution in [1.29, 1.82) is 5.26 Å². The van der Waals surface area contributed by atoms with Crippen LogP contribution in [0, 0.1) is 11.3 Å². The number of halogens is 2. The van der Waals surface area contributed by atoms with Crippen LogP contribution < -0.4 is 15.2 Å². The molecule has 0 aliphatic rings. The normalized spacial score (nSPS) is 10.0. The lowest BCUT2D eigenvalue weighted by atomic mass is 10.1. The van der Waals surface area contributed by atoms with Crippen molar-refractivity contribution >= 4 is 31.9 Å². The van der Waals surface area contributed by atoms with E-state index < -0.39 is 0 Å². The molecule has 0 saturated carbocycles. The SMILES string of the molecule is COc1cc(Br)c(Oc2ccc(CN)cc2C#N)cc1Br. The van der Waals surface area contributed by atoms with Crippen molar-refractivity contribution in [1.82, 2.24) is 0 Å². The third-order valence-corrected chi connectivity index (χ3v) is 4.07. The molecule has 2 N–H and O–H groups in total. The summed E-state index contributed by atoms with van der Waals surface area (Å²) in [4.78, 5) is 0. The quantitative estimate of drug-likeness (QED) is 0.812. The molecular formula is C15H12Br2N2O2. The monoisotopic (exact) mass is 410 g/mol. The summed E-state index contributed by atoms with van der Waals surface area (Å²) >= 11 is 6.83. The lowest BCUT2D eigenvalue weighted by Crippen LogP contribution is -1.98. The van der Waals surface area contributed by atoms with Crippen LogP contribution in [0.3, 0.4) is 0 Å². The zero-order valence-electron chi connectivity index (χ0n) is 11.2. The summed E-state index contributed by atoms with van der Waals surface area (Å²) in [5, 5.41) is 9.21. The van der Waals surface area contributed by atoms with Crippen molar-refractivity contribution in [2.45, 2.75) is 6.54 Å². The zero-order valence-corrected chi connectivity index (χ0v) is 14.4. The van der Waals surface area contributed by atoms with Crippen molar-refractivity contribution in [3.8, 4) is 23.3 Å². The van der Waals surface area contributed by atoms with Gasteiger partial charge in [-0.2, -0.15) is 5.26 Å². The van der Waals surface area contributed by atoms with E-state index in [1.807, 2.05) is 6.07 Å². The molecule has 0 bridgehead atoms. The smallest absolute Gasteiger partial charge is 0.145 e. The van der Waals surface area contributed by atoms with Crippen molar-refractivity contribution < 1.29 is 9.47 Å². The van der Waals surface area contributed by atoms with Gasteiger partial charge >= 0.3 is 0 Å². The van der Waals surface area contributed by atoms with Gasteiger partial charge in [0.1, 0.15) is 23.3 Å². The maximum absolute atomic E-state index is 9.21. The van der Waals surface area contributed by atoms with E-state index in [-0.39, 0.29) is 0 Å². The summed E-state index contributed by atoms with van der Waals surface area (Å²) in [6, 6.07) is 11.0. The Labute approximate surface area is 139 Å². The first-order valence-corrected chi connectivity index (χ1v) is 7.61. The number of rotatable bonds is 4. The first kappa shape index (κ1) is 15.8. The minimum atomic E-state index is 0.382. The molecule has 0 aromatic heterocycles. The van der Waals surface area contributed by atoms with Crippen molar-refractivity contribution in [3.05, 3.63) is 50.4 Å². The minimum Gasteiger partial charge on any atom is -0.496 e. The first-order valence-electron chi connectivity index (χ1n) is 6.03. The van der Waals surface area contributed by atoms with E-state index in [4.69, 9.17) is 15.2 Å². The number of ether oxygens (including phenoxy) is 2. The maximum Gasteiger partial charge on any atom is 0.145 e. The molecule has 0 fully saturated rings. The van der Waals surface area contributed by atoms with E-state index in [0.29, 0.717) is 29.4 Å². The average Bonchev–Trinajstić information content (AvgIpc) is 2.50. The van der Waals surface area contributed by atoms with Gasteiger partial charge in [0, 0.05) is 6.54 Å². The topological polar surface area (TPSA) is 68.3 Å². The van der Waals surface area contributed by atoms with Gasteiger partial charge in [-0.1, -0.05) is 6.07 Å². The van der Waals surface area contributed by atoms with E-state index in [9.17, 15) is 5.26 Å². The van der Waals surface area contributed by atoms with Gasteiger partial charge < -0.3 is 15.2 Å². The van der Waals surface area contributed by atoms with E-state index in [2.05, 4.69) is 37.9 Å². The van der Waals surface area contributed by atoms with Crippen LogP contribution in [0.1, 0.15) is 11.1 Å². The Hall–Kier alpha value is -1.55. The summed E-state index contributed by atoms with van der Waals surface area (Å²) < 4.78 is 12.5. The molecule has 108 valence electrons. The summed E-state index contributed by atoms with van der Waals surface area (Å²) in [6.45, 7) is 0.382. The highest BCUT2D eigenvalue weighted by Crippen LogP contribution is 2.38. The molecule has 0 saturated heterocycles. The van der Waals surface area contributed by atoms with Crippen LogP contribution in [0.2, 0.25) is 0 Å². The van der Waals surface area contributed by atoms with E-state index >= 15 is 0 Å². The number of hydrogen-bond donors (Lipinski definition) is 1. The van der Waals surface area contributed by atoms with Crippen molar-refractivity contribution in [2.24, 2.45) is 5.73 Å². The molecule has 0 radical (unpaired) electrons. The van der Waals surface area contributed by atoms with Crippen LogP contribution in [0.4, 0.5) is 0 Å². The summed E-state index contributed by atoms with van der Waals surface area (Å²) in [5.41, 5.74) is 6.90. The van der Waals surface area contributed by atoms with Crippen LogP contribution in [-0.2, 0) is 6.54 Å². The fraction of sp³-hybridized carbons (Fsp3) is 0.133. The number of methoxy groups -OCH3 is 1. The summed E-state index contributed by atoms with van der Waals surface area (Å²) in [5.74, 6) is 1.75. The molecule has 0 aliphatic heterocycles. The van der Waals surface area contributed by atoms with Crippen LogP contribution in [0.5, 0.6) is 17.2 Å². The second-order valence-electron chi connectivity index (χ2n) is 4.17. The van der Waals surface area contributed by atoms with Crippen LogP contribution in [0.15, 0.2) is 39.3 Å². The van der Waals surface area contributed by atoms with E-state index in [0.717, 1.165) is 14.5 Å². The average molecular weight is 412 g/mol. The first-order chi connectivity index (χ1) is 10.1. The van der Waals surface area contributed by atoms with Gasteiger partial charge in [-0.05, 0) is 61.7 Å². The fourth-order valence-electron chi connectivity index (χ4n) is 1.74. The zero-order chi connectivity index (χ0) is 15.4. The molecule has 0 spiro atoms. The summed E-state index contributed by atoms with van der Waals surface area (Å²) in [6.07, 6.45) is 0. The minimum absolute atomic E-state index is 0.382. The Kier molecular flexibility index (Phi) is 5.23. The largest absolute Gasteiger partial charge is 0.496 e. The number of benzene rings is 2. The Morgan fingerprint density at radius 1 is 1.10 bits per heavy atom. The highest BCUT2D eigenvalue weighted by molar-refractivity contribution is 9.11. The number of nitriles is 1. The van der Waals surface area contributed by atoms with Gasteiger partial charge in [0.25, 0.3) is 0 Å². The predicted octanol–water partition coefficient (Wildman–Crippen LogP) is 4.34. The molecule has 21 heavy (non-hydrogen) atoms.